The first-order chi connectivity index (χ1) is 15.6. The normalized spacial score (nSPS) is 26.3. The Morgan fingerprint density at radius 2 is 1.59 bits per heavy atom. The first-order valence-corrected chi connectivity index (χ1v) is 12.9. The number of rotatable bonds is 2. The van der Waals surface area contributed by atoms with Crippen LogP contribution in [0.3, 0.4) is 0 Å². The smallest absolute Gasteiger partial charge is 0.198 e. The van der Waals surface area contributed by atoms with Crippen LogP contribution in [0.2, 0.25) is 0 Å². The molecule has 0 saturated heterocycles. The lowest BCUT2D eigenvalue weighted by Crippen LogP contribution is -2.55. The Balaban J connectivity index is 1.36. The second-order valence-corrected chi connectivity index (χ2v) is 10.9. The van der Waals surface area contributed by atoms with Gasteiger partial charge in [-0.25, -0.2) is 5.01 Å². The Hall–Kier alpha value is -2.11. The van der Waals surface area contributed by atoms with Crippen LogP contribution in [-0.4, -0.2) is 16.4 Å². The van der Waals surface area contributed by atoms with Gasteiger partial charge in [-0.3, -0.25) is 0 Å². The van der Waals surface area contributed by atoms with Crippen molar-refractivity contribution in [2.75, 3.05) is 0 Å². The maximum absolute atomic E-state index is 6.81. The second kappa shape index (κ2) is 8.03. The molecule has 1 atom stereocenters. The molecule has 5 heteroatoms. The summed E-state index contributed by atoms with van der Waals surface area (Å²) in [4.78, 5) is 0. The van der Waals surface area contributed by atoms with Crippen molar-refractivity contribution in [2.24, 2.45) is 5.10 Å². The van der Waals surface area contributed by atoms with E-state index in [1.165, 1.54) is 16.7 Å². The van der Waals surface area contributed by atoms with E-state index < -0.39 is 0 Å². The van der Waals surface area contributed by atoms with Crippen LogP contribution < -0.4 is 4.74 Å². The fraction of sp³-hybridized carbons (Fsp3) is 0.296. The summed E-state index contributed by atoms with van der Waals surface area (Å²) < 4.78 is 8.98. The maximum atomic E-state index is 6.81. The van der Waals surface area contributed by atoms with Gasteiger partial charge in [0.2, 0.25) is 0 Å². The van der Waals surface area contributed by atoms with E-state index in [0.29, 0.717) is 5.92 Å². The van der Waals surface area contributed by atoms with Crippen molar-refractivity contribution in [3.8, 4) is 5.75 Å². The van der Waals surface area contributed by atoms with Crippen LogP contribution >= 0.6 is 31.9 Å². The lowest BCUT2D eigenvalue weighted by molar-refractivity contribution is -0.142. The van der Waals surface area contributed by atoms with E-state index in [4.69, 9.17) is 9.84 Å². The molecule has 162 valence electrons. The van der Waals surface area contributed by atoms with Crippen molar-refractivity contribution in [2.45, 2.75) is 49.8 Å². The summed E-state index contributed by atoms with van der Waals surface area (Å²) in [5.41, 5.74) is 4.63. The van der Waals surface area contributed by atoms with Crippen molar-refractivity contribution in [3.05, 3.63) is 98.4 Å². The summed E-state index contributed by atoms with van der Waals surface area (Å²) in [7, 11) is 0. The van der Waals surface area contributed by atoms with Gasteiger partial charge in [0.05, 0.1) is 11.8 Å². The highest BCUT2D eigenvalue weighted by Gasteiger charge is 2.52. The summed E-state index contributed by atoms with van der Waals surface area (Å²) in [6.07, 6.45) is 5.09. The summed E-state index contributed by atoms with van der Waals surface area (Å²) in [5.74, 6) is 1.60. The standard InChI is InChI=1S/C27H24Br2N2O/c28-21-8-6-20(7-9-21)24-17-25-23-16-22(29)10-11-26(23)32-27(31(25)30-24)14-12-19(13-15-27)18-4-2-1-3-5-18/h1-11,16,19,25H,12-15,17H2/t19?,25-,27?/m0/s1. The number of benzene rings is 3. The van der Waals surface area contributed by atoms with Gasteiger partial charge in [-0.1, -0.05) is 74.3 Å². The Morgan fingerprint density at radius 3 is 2.34 bits per heavy atom. The number of ether oxygens (including phenoxy) is 1. The zero-order valence-corrected chi connectivity index (χ0v) is 20.8. The molecule has 1 aliphatic carbocycles. The van der Waals surface area contributed by atoms with Gasteiger partial charge in [-0.2, -0.15) is 5.10 Å². The zero-order chi connectivity index (χ0) is 21.7. The van der Waals surface area contributed by atoms with Gasteiger partial charge in [-0.05, 0) is 60.2 Å². The number of nitrogens with zero attached hydrogens (tertiary/aromatic N) is 2. The van der Waals surface area contributed by atoms with E-state index in [0.717, 1.165) is 52.5 Å². The van der Waals surface area contributed by atoms with E-state index in [1.54, 1.807) is 0 Å². The Labute approximate surface area is 205 Å². The third kappa shape index (κ3) is 3.50. The van der Waals surface area contributed by atoms with Crippen LogP contribution in [-0.2, 0) is 0 Å². The topological polar surface area (TPSA) is 24.8 Å². The van der Waals surface area contributed by atoms with E-state index in [1.807, 2.05) is 0 Å². The molecule has 3 aromatic rings. The maximum Gasteiger partial charge on any atom is 0.198 e. The number of halogens is 2. The van der Waals surface area contributed by atoms with E-state index in [2.05, 4.69) is 110 Å². The third-order valence-electron chi connectivity index (χ3n) is 7.17. The minimum atomic E-state index is -0.367. The second-order valence-electron chi connectivity index (χ2n) is 9.03. The van der Waals surface area contributed by atoms with Gasteiger partial charge in [0.15, 0.2) is 5.72 Å². The molecule has 3 aliphatic rings. The van der Waals surface area contributed by atoms with Crippen molar-refractivity contribution >= 4 is 37.6 Å². The van der Waals surface area contributed by atoms with E-state index in [-0.39, 0.29) is 11.8 Å². The molecule has 2 heterocycles. The average molecular weight is 552 g/mol. The highest BCUT2D eigenvalue weighted by molar-refractivity contribution is 9.10. The van der Waals surface area contributed by atoms with Gasteiger partial charge >= 0.3 is 0 Å². The van der Waals surface area contributed by atoms with Crippen molar-refractivity contribution < 1.29 is 4.74 Å². The molecular weight excluding hydrogens is 528 g/mol. The largest absolute Gasteiger partial charge is 0.466 e. The molecule has 0 radical (unpaired) electrons. The van der Waals surface area contributed by atoms with E-state index in [9.17, 15) is 0 Å². The van der Waals surface area contributed by atoms with Crippen LogP contribution in [0.15, 0.2) is 86.8 Å². The molecule has 1 spiro atoms. The summed E-state index contributed by atoms with van der Waals surface area (Å²) >= 11 is 7.21. The number of hydrogen-bond donors (Lipinski definition) is 0. The molecule has 0 aromatic heterocycles. The monoisotopic (exact) mass is 550 g/mol. The van der Waals surface area contributed by atoms with Gasteiger partial charge < -0.3 is 4.74 Å². The molecule has 3 nitrogen and oxygen atoms in total. The van der Waals surface area contributed by atoms with Crippen molar-refractivity contribution in [1.82, 2.24) is 5.01 Å². The summed E-state index contributed by atoms with van der Waals surface area (Å²) in [6.45, 7) is 0. The number of fused-ring (bicyclic) bond motifs is 4. The summed E-state index contributed by atoms with van der Waals surface area (Å²) in [5, 5.41) is 7.51. The van der Waals surface area contributed by atoms with Crippen LogP contribution in [0.4, 0.5) is 0 Å². The molecule has 6 rings (SSSR count). The zero-order valence-electron chi connectivity index (χ0n) is 17.7. The Kier molecular flexibility index (Phi) is 5.14. The van der Waals surface area contributed by atoms with Gasteiger partial charge in [0.25, 0.3) is 0 Å². The number of hydrogen-bond acceptors (Lipinski definition) is 3. The molecule has 2 aliphatic heterocycles. The van der Waals surface area contributed by atoms with Crippen molar-refractivity contribution in [3.63, 3.8) is 0 Å². The lowest BCUT2D eigenvalue weighted by Gasteiger charge is -2.50. The number of hydrazone groups is 1. The molecular formula is C27H24Br2N2O. The van der Waals surface area contributed by atoms with Crippen LogP contribution in [0, 0.1) is 0 Å². The van der Waals surface area contributed by atoms with Crippen LogP contribution in [0.1, 0.15) is 60.8 Å². The fourth-order valence-electron chi connectivity index (χ4n) is 5.53. The van der Waals surface area contributed by atoms with Gasteiger partial charge in [-0.15, -0.1) is 0 Å². The Morgan fingerprint density at radius 1 is 0.875 bits per heavy atom. The molecule has 1 saturated carbocycles. The van der Waals surface area contributed by atoms with Crippen LogP contribution in [0.5, 0.6) is 5.75 Å². The highest BCUT2D eigenvalue weighted by Crippen LogP contribution is 2.53. The van der Waals surface area contributed by atoms with Gasteiger partial charge in [0, 0.05) is 33.8 Å². The highest BCUT2D eigenvalue weighted by atomic mass is 79.9. The predicted octanol–water partition coefficient (Wildman–Crippen LogP) is 7.81. The SMILES string of the molecule is Brc1ccc(C2=NN3[C@@H](C2)c2cc(Br)ccc2OC32CCC(c3ccccc3)CC2)cc1. The first kappa shape index (κ1) is 20.5. The van der Waals surface area contributed by atoms with Crippen LogP contribution in [0.25, 0.3) is 0 Å². The first-order valence-electron chi connectivity index (χ1n) is 11.3. The average Bonchev–Trinajstić information content (AvgIpc) is 3.28. The van der Waals surface area contributed by atoms with Crippen molar-refractivity contribution in [1.29, 1.82) is 0 Å². The summed E-state index contributed by atoms with van der Waals surface area (Å²) in [6, 6.07) is 26.0. The minimum absolute atomic E-state index is 0.211. The molecule has 0 amide bonds. The molecule has 3 aromatic carbocycles. The Bertz CT molecular complexity index is 1170. The third-order valence-corrected chi connectivity index (χ3v) is 8.20. The molecule has 1 fully saturated rings. The predicted molar refractivity (Wildman–Crippen MR) is 135 cm³/mol. The van der Waals surface area contributed by atoms with E-state index >= 15 is 0 Å². The quantitative estimate of drug-likeness (QED) is 0.324. The van der Waals surface area contributed by atoms with Gasteiger partial charge in [0.1, 0.15) is 5.75 Å². The minimum Gasteiger partial charge on any atom is -0.466 e. The molecule has 0 unspecified atom stereocenters. The molecule has 0 N–H and O–H groups in total. The molecule has 0 bridgehead atoms. The lowest BCUT2D eigenvalue weighted by atomic mass is 9.78. The molecule has 32 heavy (non-hydrogen) atoms. The fourth-order valence-corrected chi connectivity index (χ4v) is 6.17.